The number of rotatable bonds is 30. The Kier molecular flexibility index (Phi) is 20.4. The van der Waals surface area contributed by atoms with Crippen molar-refractivity contribution in [2.24, 2.45) is 0 Å². The lowest BCUT2D eigenvalue weighted by Crippen LogP contribution is -2.54. The van der Waals surface area contributed by atoms with E-state index in [0.29, 0.717) is 118 Å². The fourth-order valence-electron chi connectivity index (χ4n) is 5.05. The van der Waals surface area contributed by atoms with Crippen molar-refractivity contribution in [3.63, 3.8) is 0 Å². The van der Waals surface area contributed by atoms with E-state index >= 15 is 0 Å². The number of carbonyl (C=O) groups excluding carboxylic acids is 5. The van der Waals surface area contributed by atoms with Gasteiger partial charge in [0.1, 0.15) is 6.04 Å². The maximum Gasteiger partial charge on any atom is 0.303 e. The molecular formula is C34H50N4O14. The number of hydrogen-bond acceptors (Lipinski definition) is 14. The number of amides is 5. The number of carbonyl (C=O) groups is 6. The van der Waals surface area contributed by atoms with Crippen molar-refractivity contribution in [1.29, 1.82) is 0 Å². The molecule has 1 atom stereocenters. The zero-order valence-electron chi connectivity index (χ0n) is 29.4. The summed E-state index contributed by atoms with van der Waals surface area (Å²) >= 11 is 0. The van der Waals surface area contributed by atoms with Crippen molar-refractivity contribution in [3.8, 4) is 0 Å². The Balaban J connectivity index is 1.05. The highest BCUT2D eigenvalue weighted by Gasteiger charge is 2.45. The Labute approximate surface area is 302 Å². The number of benzene rings is 1. The van der Waals surface area contributed by atoms with Crippen LogP contribution < -0.4 is 16.0 Å². The molecule has 0 radical (unpaired) electrons. The van der Waals surface area contributed by atoms with Crippen LogP contribution >= 0.6 is 0 Å². The Morgan fingerprint density at radius 2 is 1.25 bits per heavy atom. The molecule has 18 nitrogen and oxygen atoms in total. The van der Waals surface area contributed by atoms with Gasteiger partial charge in [-0.15, -0.1) is 0 Å². The van der Waals surface area contributed by atoms with Gasteiger partial charge in [-0.25, -0.2) is 0 Å². The molecule has 2 heterocycles. The van der Waals surface area contributed by atoms with Gasteiger partial charge in [0.25, 0.3) is 11.8 Å². The number of aliphatic carboxylic acids is 1. The molecule has 1 aromatic carbocycles. The number of piperidine rings is 1. The Hall–Kier alpha value is -4.04. The van der Waals surface area contributed by atoms with E-state index in [-0.39, 0.29) is 42.7 Å². The number of ether oxygens (including phenoxy) is 7. The van der Waals surface area contributed by atoms with Crippen molar-refractivity contribution >= 4 is 41.2 Å². The second kappa shape index (κ2) is 25.0. The smallest absolute Gasteiger partial charge is 0.303 e. The van der Waals surface area contributed by atoms with Crippen LogP contribution in [0.1, 0.15) is 52.8 Å². The third-order valence-electron chi connectivity index (χ3n) is 7.62. The highest BCUT2D eigenvalue weighted by molar-refractivity contribution is 6.25. The Bertz CT molecular complexity index is 1310. The minimum absolute atomic E-state index is 0.0248. The van der Waals surface area contributed by atoms with Crippen LogP contribution in [-0.2, 0) is 52.3 Å². The van der Waals surface area contributed by atoms with E-state index in [1.54, 1.807) is 18.2 Å². The highest BCUT2D eigenvalue weighted by Crippen LogP contribution is 2.32. The number of imide groups is 2. The van der Waals surface area contributed by atoms with E-state index in [0.717, 1.165) is 4.90 Å². The molecule has 0 bridgehead atoms. The number of anilines is 1. The third kappa shape index (κ3) is 15.7. The van der Waals surface area contributed by atoms with Crippen LogP contribution in [0.25, 0.3) is 0 Å². The second-order valence-electron chi connectivity index (χ2n) is 11.5. The highest BCUT2D eigenvalue weighted by atomic mass is 16.6. The van der Waals surface area contributed by atoms with E-state index in [2.05, 4.69) is 16.0 Å². The van der Waals surface area contributed by atoms with E-state index in [1.807, 2.05) is 0 Å². The molecule has 18 heteroatoms. The van der Waals surface area contributed by atoms with E-state index in [1.165, 1.54) is 0 Å². The van der Waals surface area contributed by atoms with Crippen LogP contribution in [0.15, 0.2) is 18.2 Å². The largest absolute Gasteiger partial charge is 0.481 e. The zero-order valence-corrected chi connectivity index (χ0v) is 29.4. The van der Waals surface area contributed by atoms with Crippen LogP contribution in [0.4, 0.5) is 5.69 Å². The molecular weight excluding hydrogens is 688 g/mol. The molecule has 52 heavy (non-hydrogen) atoms. The number of carboxylic acid groups (broad SMARTS) is 1. The maximum absolute atomic E-state index is 13.1. The van der Waals surface area contributed by atoms with Gasteiger partial charge in [-0.2, -0.15) is 0 Å². The second-order valence-corrected chi connectivity index (χ2v) is 11.5. The quantitative estimate of drug-likeness (QED) is 0.0601. The Morgan fingerprint density at radius 1 is 0.712 bits per heavy atom. The summed E-state index contributed by atoms with van der Waals surface area (Å²) < 4.78 is 38.3. The molecule has 4 N–H and O–H groups in total. The maximum atomic E-state index is 13.1. The summed E-state index contributed by atoms with van der Waals surface area (Å²) in [7, 11) is 0. The van der Waals surface area contributed by atoms with Crippen molar-refractivity contribution in [1.82, 2.24) is 15.5 Å². The average Bonchev–Trinajstić information content (AvgIpc) is 3.38. The van der Waals surface area contributed by atoms with Crippen molar-refractivity contribution in [2.45, 2.75) is 38.1 Å². The molecule has 0 saturated carbocycles. The van der Waals surface area contributed by atoms with Crippen LogP contribution in [0.5, 0.6) is 0 Å². The van der Waals surface area contributed by atoms with E-state index < -0.39 is 35.6 Å². The summed E-state index contributed by atoms with van der Waals surface area (Å²) in [4.78, 5) is 72.6. The molecule has 0 aliphatic carbocycles. The van der Waals surface area contributed by atoms with Crippen LogP contribution in [0.2, 0.25) is 0 Å². The molecule has 1 fully saturated rings. The average molecular weight is 739 g/mol. The molecule has 1 aromatic rings. The summed E-state index contributed by atoms with van der Waals surface area (Å²) in [6.07, 6.45) is 0.587. The van der Waals surface area contributed by atoms with Crippen LogP contribution in [0, 0.1) is 0 Å². The number of fused-ring (bicyclic) bond motifs is 1. The van der Waals surface area contributed by atoms with Gasteiger partial charge in [0, 0.05) is 38.2 Å². The molecule has 2 aliphatic rings. The van der Waals surface area contributed by atoms with Crippen LogP contribution in [-0.4, -0.2) is 157 Å². The van der Waals surface area contributed by atoms with Gasteiger partial charge in [0.05, 0.1) is 103 Å². The van der Waals surface area contributed by atoms with Crippen LogP contribution in [0.3, 0.4) is 0 Å². The molecule has 1 saturated heterocycles. The van der Waals surface area contributed by atoms with Gasteiger partial charge < -0.3 is 48.9 Å². The first kappa shape index (κ1) is 42.4. The van der Waals surface area contributed by atoms with Gasteiger partial charge in [-0.05, 0) is 25.0 Å². The fourth-order valence-corrected chi connectivity index (χ4v) is 5.05. The molecule has 0 aromatic heterocycles. The topological polar surface area (TPSA) is 227 Å². The predicted molar refractivity (Wildman–Crippen MR) is 182 cm³/mol. The molecule has 290 valence electrons. The predicted octanol–water partition coefficient (Wildman–Crippen LogP) is -0.0130. The molecule has 0 spiro atoms. The first-order chi connectivity index (χ1) is 25.3. The first-order valence-corrected chi connectivity index (χ1v) is 17.4. The number of nitrogens with zero attached hydrogens (tertiary/aromatic N) is 1. The summed E-state index contributed by atoms with van der Waals surface area (Å²) in [6, 6.07) is 3.87. The van der Waals surface area contributed by atoms with Gasteiger partial charge in [0.15, 0.2) is 0 Å². The normalized spacial score (nSPS) is 15.5. The fraction of sp³-hybridized carbons (Fsp3) is 0.647. The molecule has 2 aliphatic heterocycles. The minimum Gasteiger partial charge on any atom is -0.481 e. The van der Waals surface area contributed by atoms with E-state index in [9.17, 15) is 28.8 Å². The summed E-state index contributed by atoms with van der Waals surface area (Å²) in [6.45, 7) is 6.61. The molecule has 5 amide bonds. The first-order valence-electron chi connectivity index (χ1n) is 17.4. The SMILES string of the molecule is O=C(O)CCC(=O)NCCCOCCOCCOCCOCCOCCOCCOCCNc1cccc2c1C(=O)N(C1CCC(=O)NC1=O)C2=O. The number of nitrogens with one attached hydrogen (secondary N) is 3. The summed E-state index contributed by atoms with van der Waals surface area (Å²) in [5.74, 6) is -3.47. The van der Waals surface area contributed by atoms with Crippen molar-refractivity contribution < 1.29 is 67.0 Å². The number of carboxylic acids is 1. The van der Waals surface area contributed by atoms with Crippen molar-refractivity contribution in [2.75, 3.05) is 111 Å². The van der Waals surface area contributed by atoms with Gasteiger partial charge in [-0.1, -0.05) is 6.07 Å². The lowest BCUT2D eigenvalue weighted by atomic mass is 10.0. The van der Waals surface area contributed by atoms with Gasteiger partial charge in [-0.3, -0.25) is 39.0 Å². The number of hydrogen-bond donors (Lipinski definition) is 4. The molecule has 1 unspecified atom stereocenters. The minimum atomic E-state index is -1.02. The van der Waals surface area contributed by atoms with Crippen molar-refractivity contribution in [3.05, 3.63) is 29.3 Å². The van der Waals surface area contributed by atoms with E-state index in [4.69, 9.17) is 38.3 Å². The van der Waals surface area contributed by atoms with Gasteiger partial charge >= 0.3 is 5.97 Å². The lowest BCUT2D eigenvalue weighted by Gasteiger charge is -2.27. The molecule has 3 rings (SSSR count). The zero-order chi connectivity index (χ0) is 37.4. The lowest BCUT2D eigenvalue weighted by molar-refractivity contribution is -0.139. The summed E-state index contributed by atoms with van der Waals surface area (Å²) in [5.41, 5.74) is 0.882. The standard InChI is InChI=1S/C34H50N4O14/c39-28(7-8-30(41)42)36-9-2-11-46-13-15-48-17-19-50-21-23-52-24-22-51-20-18-49-16-14-47-12-10-35-26-4-1-3-25-31(26)34(45)38(33(25)44)27-5-6-29(40)37-32(27)43/h1,3-4,27,35H,2,5-24H2,(H,36,39)(H,41,42)(H,37,40,43). The monoisotopic (exact) mass is 738 g/mol. The third-order valence-corrected chi connectivity index (χ3v) is 7.62. The summed E-state index contributed by atoms with van der Waals surface area (Å²) in [5, 5.41) is 16.5. The van der Waals surface area contributed by atoms with Gasteiger partial charge in [0.2, 0.25) is 17.7 Å². The Morgan fingerprint density at radius 3 is 1.79 bits per heavy atom.